The number of hydrogen-bond donors (Lipinski definition) is 2. The van der Waals surface area contributed by atoms with Crippen LogP contribution in [0.3, 0.4) is 0 Å². The highest BCUT2D eigenvalue weighted by Gasteiger charge is 2.11. The second-order valence-corrected chi connectivity index (χ2v) is 5.79. The highest BCUT2D eigenvalue weighted by molar-refractivity contribution is 6.30. The fourth-order valence-electron chi connectivity index (χ4n) is 2.59. The molecule has 1 aromatic heterocycles. The molecule has 0 unspecified atom stereocenters. The van der Waals surface area contributed by atoms with Crippen molar-refractivity contribution in [1.82, 2.24) is 10.3 Å². The predicted molar refractivity (Wildman–Crippen MR) is 90.0 cm³/mol. The van der Waals surface area contributed by atoms with E-state index in [-0.39, 0.29) is 5.91 Å². The maximum atomic E-state index is 12.2. The van der Waals surface area contributed by atoms with Crippen LogP contribution in [0.4, 0.5) is 0 Å². The summed E-state index contributed by atoms with van der Waals surface area (Å²) < 4.78 is 0. The Hall–Kier alpha value is -2.26. The minimum atomic E-state index is 0.0165. The molecule has 0 aliphatic heterocycles. The summed E-state index contributed by atoms with van der Waals surface area (Å²) in [5.41, 5.74) is 4.21. The Morgan fingerprint density at radius 1 is 1.14 bits per heavy atom. The van der Waals surface area contributed by atoms with Crippen LogP contribution in [-0.4, -0.2) is 10.9 Å². The summed E-state index contributed by atoms with van der Waals surface area (Å²) >= 11 is 5.85. The lowest BCUT2D eigenvalue weighted by Crippen LogP contribution is -2.24. The molecule has 0 aliphatic carbocycles. The first-order valence-electron chi connectivity index (χ1n) is 7.21. The molecule has 0 fully saturated rings. The maximum Gasteiger partial charge on any atom is 0.224 e. The second kappa shape index (κ2) is 6.24. The minimum Gasteiger partial charge on any atom is -0.358 e. The van der Waals surface area contributed by atoms with Crippen LogP contribution in [0.25, 0.3) is 10.9 Å². The van der Waals surface area contributed by atoms with E-state index in [1.54, 1.807) is 0 Å². The fraction of sp³-hybridized carbons (Fsp3) is 0.167. The molecule has 2 aromatic carbocycles. The molecule has 0 saturated heterocycles. The van der Waals surface area contributed by atoms with Gasteiger partial charge in [0, 0.05) is 28.2 Å². The van der Waals surface area contributed by atoms with E-state index in [0.29, 0.717) is 18.0 Å². The number of hydrogen-bond acceptors (Lipinski definition) is 1. The van der Waals surface area contributed by atoms with Crippen LogP contribution in [0.1, 0.15) is 16.8 Å². The molecule has 22 heavy (non-hydrogen) atoms. The first-order chi connectivity index (χ1) is 10.6. The zero-order valence-electron chi connectivity index (χ0n) is 12.3. The van der Waals surface area contributed by atoms with Gasteiger partial charge >= 0.3 is 0 Å². The van der Waals surface area contributed by atoms with Crippen LogP contribution < -0.4 is 5.32 Å². The number of carbonyl (C=O) groups is 1. The summed E-state index contributed by atoms with van der Waals surface area (Å²) in [7, 11) is 0. The number of carbonyl (C=O) groups excluding carboxylic acids is 1. The lowest BCUT2D eigenvalue weighted by molar-refractivity contribution is -0.120. The number of rotatable bonds is 4. The highest BCUT2D eigenvalue weighted by atomic mass is 35.5. The smallest absolute Gasteiger partial charge is 0.224 e. The van der Waals surface area contributed by atoms with E-state index >= 15 is 0 Å². The number of para-hydroxylation sites is 1. The Morgan fingerprint density at radius 3 is 2.64 bits per heavy atom. The third-order valence-electron chi connectivity index (χ3n) is 3.77. The maximum absolute atomic E-state index is 12.2. The zero-order chi connectivity index (χ0) is 15.5. The number of aromatic amines is 1. The van der Waals surface area contributed by atoms with Gasteiger partial charge in [-0.3, -0.25) is 4.79 Å². The molecule has 4 heteroatoms. The summed E-state index contributed by atoms with van der Waals surface area (Å²) in [6.45, 7) is 2.51. The Kier molecular flexibility index (Phi) is 4.16. The van der Waals surface area contributed by atoms with Gasteiger partial charge in [-0.05, 0) is 36.2 Å². The van der Waals surface area contributed by atoms with E-state index in [4.69, 9.17) is 11.6 Å². The van der Waals surface area contributed by atoms with Gasteiger partial charge in [-0.1, -0.05) is 41.9 Å². The second-order valence-electron chi connectivity index (χ2n) is 5.35. The molecular formula is C18H17ClN2O. The van der Waals surface area contributed by atoms with Gasteiger partial charge in [0.2, 0.25) is 5.91 Å². The summed E-state index contributed by atoms with van der Waals surface area (Å²) in [6, 6.07) is 15.5. The highest BCUT2D eigenvalue weighted by Crippen LogP contribution is 2.22. The predicted octanol–water partition coefficient (Wildman–Crippen LogP) is 3.99. The van der Waals surface area contributed by atoms with Gasteiger partial charge in [-0.25, -0.2) is 0 Å². The Labute approximate surface area is 134 Å². The molecule has 0 radical (unpaired) electrons. The molecule has 1 heterocycles. The molecule has 3 nitrogen and oxygen atoms in total. The summed E-state index contributed by atoms with van der Waals surface area (Å²) in [4.78, 5) is 15.5. The number of aromatic nitrogens is 1. The van der Waals surface area contributed by atoms with Gasteiger partial charge in [-0.15, -0.1) is 0 Å². The molecule has 1 amide bonds. The van der Waals surface area contributed by atoms with Crippen molar-refractivity contribution in [3.63, 3.8) is 0 Å². The van der Waals surface area contributed by atoms with Gasteiger partial charge in [-0.2, -0.15) is 0 Å². The lowest BCUT2D eigenvalue weighted by Gasteiger charge is -2.06. The largest absolute Gasteiger partial charge is 0.358 e. The Morgan fingerprint density at radius 2 is 1.86 bits per heavy atom. The van der Waals surface area contributed by atoms with Crippen LogP contribution >= 0.6 is 11.6 Å². The fourth-order valence-corrected chi connectivity index (χ4v) is 2.71. The molecule has 0 atom stereocenters. The summed E-state index contributed by atoms with van der Waals surface area (Å²) in [5, 5.41) is 4.76. The first kappa shape index (κ1) is 14.7. The van der Waals surface area contributed by atoms with E-state index in [1.807, 2.05) is 55.5 Å². The van der Waals surface area contributed by atoms with Gasteiger partial charge in [0.05, 0.1) is 6.42 Å². The van der Waals surface area contributed by atoms with Crippen molar-refractivity contribution in [2.75, 3.05) is 0 Å². The number of halogens is 1. The molecule has 0 saturated carbocycles. The van der Waals surface area contributed by atoms with Crippen molar-refractivity contribution >= 4 is 28.4 Å². The van der Waals surface area contributed by atoms with Crippen LogP contribution in [0, 0.1) is 6.92 Å². The molecule has 3 rings (SSSR count). The van der Waals surface area contributed by atoms with E-state index in [1.165, 1.54) is 0 Å². The number of fused-ring (bicyclic) bond motifs is 1. The molecule has 112 valence electrons. The van der Waals surface area contributed by atoms with Crippen molar-refractivity contribution in [2.24, 2.45) is 0 Å². The van der Waals surface area contributed by atoms with Crippen LogP contribution in [-0.2, 0) is 17.8 Å². The van der Waals surface area contributed by atoms with Gasteiger partial charge in [0.1, 0.15) is 0 Å². The molecule has 0 aliphatic rings. The Bertz CT molecular complexity index is 806. The van der Waals surface area contributed by atoms with Crippen molar-refractivity contribution in [2.45, 2.75) is 19.9 Å². The van der Waals surface area contributed by atoms with Crippen molar-refractivity contribution in [3.05, 3.63) is 70.4 Å². The number of nitrogens with one attached hydrogen (secondary N) is 2. The average Bonchev–Trinajstić information content (AvgIpc) is 2.83. The standard InChI is InChI=1S/C18H17ClN2O/c1-12-16(15-4-2-3-5-17(15)21-12)10-18(22)20-11-13-6-8-14(19)9-7-13/h2-9,21H,10-11H2,1H3,(H,20,22). The molecule has 0 spiro atoms. The zero-order valence-corrected chi connectivity index (χ0v) is 13.1. The molecule has 3 aromatic rings. The topological polar surface area (TPSA) is 44.9 Å². The lowest BCUT2D eigenvalue weighted by atomic mass is 10.1. The number of aryl methyl sites for hydroxylation is 1. The Balaban J connectivity index is 1.68. The van der Waals surface area contributed by atoms with Gasteiger partial charge in [0.15, 0.2) is 0 Å². The normalized spacial score (nSPS) is 10.8. The minimum absolute atomic E-state index is 0.0165. The first-order valence-corrected chi connectivity index (χ1v) is 7.58. The van der Waals surface area contributed by atoms with Crippen molar-refractivity contribution < 1.29 is 4.79 Å². The SMILES string of the molecule is Cc1[nH]c2ccccc2c1CC(=O)NCc1ccc(Cl)cc1. The number of amides is 1. The van der Waals surface area contributed by atoms with E-state index in [9.17, 15) is 4.79 Å². The quantitative estimate of drug-likeness (QED) is 0.751. The number of H-pyrrole nitrogens is 1. The average molecular weight is 313 g/mol. The third kappa shape index (κ3) is 3.15. The molecular weight excluding hydrogens is 296 g/mol. The van der Waals surface area contributed by atoms with Crippen LogP contribution in [0.2, 0.25) is 5.02 Å². The molecule has 2 N–H and O–H groups in total. The monoisotopic (exact) mass is 312 g/mol. The van der Waals surface area contributed by atoms with E-state index < -0.39 is 0 Å². The summed E-state index contributed by atoms with van der Waals surface area (Å²) in [6.07, 6.45) is 0.378. The van der Waals surface area contributed by atoms with E-state index in [2.05, 4.69) is 10.3 Å². The van der Waals surface area contributed by atoms with Crippen LogP contribution in [0.5, 0.6) is 0 Å². The van der Waals surface area contributed by atoms with Crippen LogP contribution in [0.15, 0.2) is 48.5 Å². The van der Waals surface area contributed by atoms with E-state index in [0.717, 1.165) is 27.7 Å². The van der Waals surface area contributed by atoms with Gasteiger partial charge < -0.3 is 10.3 Å². The summed E-state index contributed by atoms with van der Waals surface area (Å²) in [5.74, 6) is 0.0165. The number of benzene rings is 2. The van der Waals surface area contributed by atoms with Crippen molar-refractivity contribution in [1.29, 1.82) is 0 Å². The van der Waals surface area contributed by atoms with Gasteiger partial charge in [0.25, 0.3) is 0 Å². The third-order valence-corrected chi connectivity index (χ3v) is 4.02. The molecule has 0 bridgehead atoms. The van der Waals surface area contributed by atoms with Crippen molar-refractivity contribution in [3.8, 4) is 0 Å².